The predicted molar refractivity (Wildman–Crippen MR) is 172 cm³/mol. The van der Waals surface area contributed by atoms with Crippen LogP contribution in [0.4, 0.5) is 10.8 Å². The van der Waals surface area contributed by atoms with Crippen LogP contribution >= 0.6 is 23.1 Å². The number of thioether (sulfide) groups is 1. The predicted octanol–water partition coefficient (Wildman–Crippen LogP) is 7.24. The zero-order chi connectivity index (χ0) is 30.2. The molecule has 8 nitrogen and oxygen atoms in total. The first-order valence-electron chi connectivity index (χ1n) is 13.4. The molecule has 0 saturated carbocycles. The number of carbonyl (C=O) groups is 3. The number of amides is 3. The van der Waals surface area contributed by atoms with E-state index in [0.29, 0.717) is 27.9 Å². The van der Waals surface area contributed by atoms with Crippen LogP contribution < -0.4 is 16.0 Å². The smallest absolute Gasteiger partial charge is 0.272 e. The molecule has 0 spiro atoms. The van der Waals surface area contributed by atoms with Crippen LogP contribution in [0.1, 0.15) is 28.6 Å². The van der Waals surface area contributed by atoms with Gasteiger partial charge in [0.1, 0.15) is 17.2 Å². The van der Waals surface area contributed by atoms with Crippen LogP contribution in [-0.4, -0.2) is 28.0 Å². The van der Waals surface area contributed by atoms with Crippen molar-refractivity contribution in [2.24, 2.45) is 0 Å². The fourth-order valence-corrected chi connectivity index (χ4v) is 5.35. The number of rotatable bonds is 10. The van der Waals surface area contributed by atoms with Crippen LogP contribution in [0.3, 0.4) is 0 Å². The molecule has 0 aliphatic heterocycles. The summed E-state index contributed by atoms with van der Waals surface area (Å²) in [4.78, 5) is 43.8. The Labute approximate surface area is 257 Å². The number of carbonyl (C=O) groups excluding carboxylic acids is 3. The lowest BCUT2D eigenvalue weighted by Crippen LogP contribution is -2.30. The summed E-state index contributed by atoms with van der Waals surface area (Å²) < 4.78 is 5.99. The number of anilines is 2. The molecule has 3 amide bonds. The molecule has 2 aromatic heterocycles. The maximum Gasteiger partial charge on any atom is 0.272 e. The van der Waals surface area contributed by atoms with E-state index in [1.54, 1.807) is 54.0 Å². The first-order valence-corrected chi connectivity index (χ1v) is 15.1. The van der Waals surface area contributed by atoms with Gasteiger partial charge in [-0.25, -0.2) is 4.98 Å². The molecule has 0 aliphatic rings. The van der Waals surface area contributed by atoms with E-state index >= 15 is 0 Å². The van der Waals surface area contributed by atoms with Crippen LogP contribution in [0, 0.1) is 6.92 Å². The second-order valence-electron chi connectivity index (χ2n) is 9.51. The van der Waals surface area contributed by atoms with Crippen LogP contribution in [-0.2, 0) is 9.59 Å². The second kappa shape index (κ2) is 13.8. The lowest BCUT2D eigenvalue weighted by molar-refractivity contribution is -0.115. The van der Waals surface area contributed by atoms with Crippen molar-refractivity contribution in [1.29, 1.82) is 0 Å². The summed E-state index contributed by atoms with van der Waals surface area (Å²) in [6.07, 6.45) is 3.14. The van der Waals surface area contributed by atoms with E-state index in [4.69, 9.17) is 4.42 Å². The first-order chi connectivity index (χ1) is 20.8. The lowest BCUT2D eigenvalue weighted by atomic mass is 10.1. The third kappa shape index (κ3) is 8.09. The molecule has 1 atom stereocenters. The highest BCUT2D eigenvalue weighted by Gasteiger charge is 2.18. The van der Waals surface area contributed by atoms with E-state index in [1.165, 1.54) is 29.2 Å². The van der Waals surface area contributed by atoms with Gasteiger partial charge in [0.15, 0.2) is 5.13 Å². The molecule has 5 rings (SSSR count). The molecule has 43 heavy (non-hydrogen) atoms. The Bertz CT molecular complexity index is 1730. The molecular formula is C33H28N4O4S2. The molecule has 0 fully saturated rings. The molecule has 2 heterocycles. The number of benzene rings is 3. The zero-order valence-corrected chi connectivity index (χ0v) is 25.0. The highest BCUT2D eigenvalue weighted by molar-refractivity contribution is 8.00. The Kier molecular flexibility index (Phi) is 9.50. The van der Waals surface area contributed by atoms with Gasteiger partial charge in [-0.15, -0.1) is 23.1 Å². The van der Waals surface area contributed by atoms with Crippen LogP contribution in [0.25, 0.3) is 17.4 Å². The first kappa shape index (κ1) is 29.6. The van der Waals surface area contributed by atoms with E-state index in [-0.39, 0.29) is 16.9 Å². The summed E-state index contributed by atoms with van der Waals surface area (Å²) in [6.45, 7) is 3.83. The number of furan rings is 1. The van der Waals surface area contributed by atoms with Gasteiger partial charge in [-0.3, -0.25) is 14.4 Å². The van der Waals surface area contributed by atoms with E-state index in [0.717, 1.165) is 16.0 Å². The Morgan fingerprint density at radius 2 is 1.65 bits per heavy atom. The van der Waals surface area contributed by atoms with Gasteiger partial charge in [0.2, 0.25) is 5.91 Å². The number of thiazole rings is 1. The van der Waals surface area contributed by atoms with Crippen molar-refractivity contribution in [3.8, 4) is 11.3 Å². The van der Waals surface area contributed by atoms with Gasteiger partial charge < -0.3 is 20.4 Å². The standard InChI is InChI=1S/C33H28N4O4S2/c1-21-8-10-23(11-9-21)29-17-14-26(41-29)20-28(36-31(39)24-6-4-3-5-7-24)32(40)35-25-12-15-27(16-13-25)43-22(2)30(38)37-33-34-18-19-42-33/h3-20,22H,1-2H3,(H,35,40)(H,36,39)(H,34,37,38)/b28-20-/t22-/m0/s1. The maximum absolute atomic E-state index is 13.4. The number of aryl methyl sites for hydroxylation is 1. The Balaban J connectivity index is 1.30. The van der Waals surface area contributed by atoms with Gasteiger partial charge in [-0.2, -0.15) is 0 Å². The number of aromatic nitrogens is 1. The molecule has 0 radical (unpaired) electrons. The molecule has 3 aromatic carbocycles. The summed E-state index contributed by atoms with van der Waals surface area (Å²) in [7, 11) is 0. The quantitative estimate of drug-likeness (QED) is 0.114. The molecular weight excluding hydrogens is 581 g/mol. The van der Waals surface area contributed by atoms with Gasteiger partial charge in [0, 0.05) is 39.4 Å². The monoisotopic (exact) mass is 608 g/mol. The Morgan fingerprint density at radius 1 is 0.907 bits per heavy atom. The van der Waals surface area contributed by atoms with Gasteiger partial charge in [0.25, 0.3) is 11.8 Å². The van der Waals surface area contributed by atoms with Crippen molar-refractivity contribution in [1.82, 2.24) is 10.3 Å². The average molecular weight is 609 g/mol. The van der Waals surface area contributed by atoms with Crippen molar-refractivity contribution in [3.05, 3.63) is 125 Å². The summed E-state index contributed by atoms with van der Waals surface area (Å²) in [5, 5.41) is 10.4. The summed E-state index contributed by atoms with van der Waals surface area (Å²) in [6, 6.07) is 27.2. The van der Waals surface area contributed by atoms with E-state index in [9.17, 15) is 14.4 Å². The Morgan fingerprint density at radius 3 is 2.35 bits per heavy atom. The summed E-state index contributed by atoms with van der Waals surface area (Å²) >= 11 is 2.75. The molecule has 216 valence electrons. The largest absolute Gasteiger partial charge is 0.457 e. The normalized spacial score (nSPS) is 11.9. The van der Waals surface area contributed by atoms with Crippen molar-refractivity contribution in [2.75, 3.05) is 10.6 Å². The third-order valence-electron chi connectivity index (χ3n) is 6.23. The molecule has 10 heteroatoms. The SMILES string of the molecule is Cc1ccc(-c2ccc(/C=C(\NC(=O)c3ccccc3)C(=O)Nc3ccc(S[C@@H](C)C(=O)Nc4nccs4)cc3)o2)cc1. The highest BCUT2D eigenvalue weighted by atomic mass is 32.2. The van der Waals surface area contributed by atoms with Crippen molar-refractivity contribution < 1.29 is 18.8 Å². The molecule has 0 aliphatic carbocycles. The lowest BCUT2D eigenvalue weighted by Gasteiger charge is -2.13. The second-order valence-corrected chi connectivity index (χ2v) is 11.8. The molecule has 0 unspecified atom stereocenters. The number of hydrogen-bond donors (Lipinski definition) is 3. The average Bonchev–Trinajstić information content (AvgIpc) is 3.71. The topological polar surface area (TPSA) is 113 Å². The fourth-order valence-electron chi connectivity index (χ4n) is 3.95. The van der Waals surface area contributed by atoms with Crippen molar-refractivity contribution in [3.63, 3.8) is 0 Å². The van der Waals surface area contributed by atoms with Crippen molar-refractivity contribution in [2.45, 2.75) is 24.0 Å². The minimum atomic E-state index is -0.519. The molecule has 5 aromatic rings. The van der Waals surface area contributed by atoms with Crippen LogP contribution in [0.5, 0.6) is 0 Å². The zero-order valence-electron chi connectivity index (χ0n) is 23.4. The number of nitrogens with zero attached hydrogens (tertiary/aromatic N) is 1. The van der Waals surface area contributed by atoms with E-state index in [2.05, 4.69) is 20.9 Å². The summed E-state index contributed by atoms with van der Waals surface area (Å²) in [5.74, 6) is -0.0446. The molecule has 0 bridgehead atoms. The van der Waals surface area contributed by atoms with Gasteiger partial charge in [-0.05, 0) is 62.4 Å². The van der Waals surface area contributed by atoms with E-state index < -0.39 is 11.8 Å². The van der Waals surface area contributed by atoms with Crippen molar-refractivity contribution >= 4 is 57.7 Å². The number of nitrogens with one attached hydrogen (secondary N) is 3. The highest BCUT2D eigenvalue weighted by Crippen LogP contribution is 2.27. The van der Waals surface area contributed by atoms with Gasteiger partial charge in [0.05, 0.1) is 5.25 Å². The number of hydrogen-bond acceptors (Lipinski definition) is 7. The van der Waals surface area contributed by atoms with Gasteiger partial charge in [-0.1, -0.05) is 48.0 Å². The minimum Gasteiger partial charge on any atom is -0.457 e. The Hall–Kier alpha value is -4.93. The van der Waals surface area contributed by atoms with Gasteiger partial charge >= 0.3 is 0 Å². The van der Waals surface area contributed by atoms with E-state index in [1.807, 2.05) is 62.4 Å². The maximum atomic E-state index is 13.4. The summed E-state index contributed by atoms with van der Waals surface area (Å²) in [5.41, 5.74) is 2.99. The third-order valence-corrected chi connectivity index (χ3v) is 8.04. The van der Waals surface area contributed by atoms with Crippen LogP contribution in [0.15, 0.2) is 118 Å². The molecule has 3 N–H and O–H groups in total. The van der Waals surface area contributed by atoms with Crippen LogP contribution in [0.2, 0.25) is 0 Å². The minimum absolute atomic E-state index is 0.0181. The molecule has 0 saturated heterocycles. The fraction of sp³-hybridized carbons (Fsp3) is 0.0909.